The molecule has 1 aromatic heterocycles. The van der Waals surface area contributed by atoms with E-state index in [1.54, 1.807) is 19.1 Å². The van der Waals surface area contributed by atoms with Crippen LogP contribution >= 0.6 is 0 Å². The highest BCUT2D eigenvalue weighted by molar-refractivity contribution is 5.75. The molecule has 0 N–H and O–H groups in total. The molecule has 0 unspecified atom stereocenters. The summed E-state index contributed by atoms with van der Waals surface area (Å²) in [4.78, 5) is 15.8. The largest absolute Gasteiger partial charge is 0.356 e. The van der Waals surface area contributed by atoms with Gasteiger partial charge in [-0.1, -0.05) is 12.1 Å². The summed E-state index contributed by atoms with van der Waals surface area (Å²) >= 11 is 0. The van der Waals surface area contributed by atoms with Gasteiger partial charge in [-0.05, 0) is 55.9 Å². The second-order valence-corrected chi connectivity index (χ2v) is 7.12. The lowest BCUT2D eigenvalue weighted by Crippen LogP contribution is -2.35. The average molecular weight is 350 g/mol. The van der Waals surface area contributed by atoms with E-state index in [-0.39, 0.29) is 5.82 Å². The quantitative estimate of drug-likeness (QED) is 0.836. The van der Waals surface area contributed by atoms with Crippen molar-refractivity contribution in [1.82, 2.24) is 9.97 Å². The summed E-state index contributed by atoms with van der Waals surface area (Å²) in [6, 6.07) is 7.25. The third kappa shape index (κ3) is 3.39. The molecular weight excluding hydrogens is 327 g/mol. The van der Waals surface area contributed by atoms with Gasteiger partial charge in [0.25, 0.3) is 0 Å². The van der Waals surface area contributed by atoms with Crippen LogP contribution in [0.3, 0.4) is 0 Å². The van der Waals surface area contributed by atoms with Crippen molar-refractivity contribution >= 4 is 12.0 Å². The number of anilines is 1. The van der Waals surface area contributed by atoms with Crippen molar-refractivity contribution < 1.29 is 4.39 Å². The zero-order valence-corrected chi connectivity index (χ0v) is 15.2. The molecule has 4 rings (SSSR count). The van der Waals surface area contributed by atoms with Gasteiger partial charge in [0.1, 0.15) is 17.5 Å². The molecule has 0 amide bonds. The number of allylic oxidation sites excluding steroid dienone is 1. The molecule has 2 aliphatic heterocycles. The minimum atomic E-state index is -0.201. The van der Waals surface area contributed by atoms with Crippen LogP contribution in [0.2, 0.25) is 0 Å². The Morgan fingerprint density at radius 3 is 2.58 bits per heavy atom. The second kappa shape index (κ2) is 6.98. The third-order valence-electron chi connectivity index (χ3n) is 5.30. The zero-order valence-electron chi connectivity index (χ0n) is 15.2. The van der Waals surface area contributed by atoms with Crippen LogP contribution in [-0.4, -0.2) is 35.8 Å². The summed E-state index contributed by atoms with van der Waals surface area (Å²) < 4.78 is 13.9. The topological polar surface area (TPSA) is 41.4 Å². The smallest absolute Gasteiger partial charge is 0.132 e. The van der Waals surface area contributed by atoms with E-state index < -0.39 is 0 Å². The van der Waals surface area contributed by atoms with Gasteiger partial charge >= 0.3 is 0 Å². The minimum absolute atomic E-state index is 0.201. The van der Waals surface area contributed by atoms with Gasteiger partial charge < -0.3 is 4.90 Å². The Kier molecular flexibility index (Phi) is 4.53. The molecule has 0 bridgehead atoms. The van der Waals surface area contributed by atoms with E-state index >= 15 is 0 Å². The standard InChI is InChI=1S/C21H23FN4/c1-14-3-4-17(11-19(14)22)20-12-21(25-15(2)24-20)26-9-6-16(7-10-26)18-5-8-23-13-18/h3-5,8,11-12,16H,6-7,9-10,13H2,1-2H3. The van der Waals surface area contributed by atoms with Crippen LogP contribution in [0.15, 0.2) is 40.9 Å². The van der Waals surface area contributed by atoms with E-state index in [1.807, 2.05) is 25.3 Å². The van der Waals surface area contributed by atoms with Gasteiger partial charge in [0.15, 0.2) is 0 Å². The van der Waals surface area contributed by atoms with Crippen LogP contribution < -0.4 is 4.90 Å². The van der Waals surface area contributed by atoms with E-state index in [1.165, 1.54) is 5.57 Å². The van der Waals surface area contributed by atoms with Gasteiger partial charge in [-0.15, -0.1) is 0 Å². The van der Waals surface area contributed by atoms with Crippen molar-refractivity contribution in [2.75, 3.05) is 24.5 Å². The molecule has 0 spiro atoms. The van der Waals surface area contributed by atoms with Crippen molar-refractivity contribution in [1.29, 1.82) is 0 Å². The number of hydrogen-bond acceptors (Lipinski definition) is 4. The Bertz CT molecular complexity index is 880. The van der Waals surface area contributed by atoms with Crippen molar-refractivity contribution in [3.8, 4) is 11.3 Å². The molecule has 4 nitrogen and oxygen atoms in total. The molecule has 2 aromatic rings. The first-order valence-electron chi connectivity index (χ1n) is 9.16. The first-order chi connectivity index (χ1) is 12.6. The van der Waals surface area contributed by atoms with E-state index in [4.69, 9.17) is 0 Å². The molecule has 0 aliphatic carbocycles. The molecular formula is C21H23FN4. The van der Waals surface area contributed by atoms with E-state index in [9.17, 15) is 4.39 Å². The van der Waals surface area contributed by atoms with Crippen molar-refractivity contribution in [2.24, 2.45) is 10.9 Å². The number of rotatable bonds is 3. The fraction of sp³-hybridized carbons (Fsp3) is 0.381. The van der Waals surface area contributed by atoms with Crippen LogP contribution in [0.5, 0.6) is 0 Å². The summed E-state index contributed by atoms with van der Waals surface area (Å²) in [6.07, 6.45) is 6.32. The Labute approximate surface area is 153 Å². The highest BCUT2D eigenvalue weighted by Crippen LogP contribution is 2.30. The molecule has 1 saturated heterocycles. The van der Waals surface area contributed by atoms with Gasteiger partial charge in [-0.3, -0.25) is 4.99 Å². The number of benzene rings is 1. The molecule has 26 heavy (non-hydrogen) atoms. The first-order valence-corrected chi connectivity index (χ1v) is 9.16. The molecule has 0 atom stereocenters. The maximum atomic E-state index is 13.9. The lowest BCUT2D eigenvalue weighted by atomic mass is 9.89. The molecule has 5 heteroatoms. The molecule has 1 aromatic carbocycles. The number of halogens is 1. The lowest BCUT2D eigenvalue weighted by Gasteiger charge is -2.33. The van der Waals surface area contributed by atoms with E-state index in [0.717, 1.165) is 49.6 Å². The molecule has 0 saturated carbocycles. The van der Waals surface area contributed by atoms with Gasteiger partial charge in [-0.25, -0.2) is 14.4 Å². The predicted molar refractivity (Wildman–Crippen MR) is 103 cm³/mol. The lowest BCUT2D eigenvalue weighted by molar-refractivity contribution is 0.454. The summed E-state index contributed by atoms with van der Waals surface area (Å²) in [6.45, 7) is 6.47. The summed E-state index contributed by atoms with van der Waals surface area (Å²) in [7, 11) is 0. The highest BCUT2D eigenvalue weighted by Gasteiger charge is 2.24. The molecule has 2 aliphatic rings. The van der Waals surface area contributed by atoms with Gasteiger partial charge in [0.2, 0.25) is 0 Å². The molecule has 3 heterocycles. The van der Waals surface area contributed by atoms with Gasteiger partial charge in [0, 0.05) is 30.9 Å². The van der Waals surface area contributed by atoms with E-state index in [2.05, 4.69) is 25.9 Å². The minimum Gasteiger partial charge on any atom is -0.356 e. The van der Waals surface area contributed by atoms with Crippen molar-refractivity contribution in [3.05, 3.63) is 53.1 Å². The van der Waals surface area contributed by atoms with Crippen molar-refractivity contribution in [2.45, 2.75) is 26.7 Å². The Morgan fingerprint density at radius 2 is 1.88 bits per heavy atom. The maximum Gasteiger partial charge on any atom is 0.132 e. The fourth-order valence-corrected chi connectivity index (χ4v) is 3.72. The van der Waals surface area contributed by atoms with Crippen LogP contribution in [0.25, 0.3) is 11.3 Å². The third-order valence-corrected chi connectivity index (χ3v) is 5.30. The van der Waals surface area contributed by atoms with Gasteiger partial charge in [-0.2, -0.15) is 0 Å². The summed E-state index contributed by atoms with van der Waals surface area (Å²) in [5.74, 6) is 2.08. The van der Waals surface area contributed by atoms with Crippen LogP contribution in [-0.2, 0) is 0 Å². The fourth-order valence-electron chi connectivity index (χ4n) is 3.72. The molecule has 1 fully saturated rings. The molecule has 134 valence electrons. The Balaban J connectivity index is 1.54. The monoisotopic (exact) mass is 350 g/mol. The Hall–Kier alpha value is -2.56. The average Bonchev–Trinajstić information content (AvgIpc) is 3.18. The van der Waals surface area contributed by atoms with E-state index in [0.29, 0.717) is 17.3 Å². The van der Waals surface area contributed by atoms with Gasteiger partial charge in [0.05, 0.1) is 12.2 Å². The SMILES string of the molecule is Cc1nc(-c2ccc(C)c(F)c2)cc(N2CCC(C3=CC=NC3)CC2)n1. The summed E-state index contributed by atoms with van der Waals surface area (Å²) in [5, 5.41) is 0. The van der Waals surface area contributed by atoms with Crippen LogP contribution in [0.1, 0.15) is 24.2 Å². The predicted octanol–water partition coefficient (Wildman–Crippen LogP) is 4.13. The summed E-state index contributed by atoms with van der Waals surface area (Å²) in [5.41, 5.74) is 3.68. The van der Waals surface area contributed by atoms with Crippen molar-refractivity contribution in [3.63, 3.8) is 0 Å². The molecule has 0 radical (unpaired) electrons. The highest BCUT2D eigenvalue weighted by atomic mass is 19.1. The Morgan fingerprint density at radius 1 is 1.08 bits per heavy atom. The zero-order chi connectivity index (χ0) is 18.1. The van der Waals surface area contributed by atoms with Crippen LogP contribution in [0, 0.1) is 25.6 Å². The second-order valence-electron chi connectivity index (χ2n) is 7.12. The number of aromatic nitrogens is 2. The first kappa shape index (κ1) is 16.9. The normalized spacial score (nSPS) is 17.7. The maximum absolute atomic E-state index is 13.9. The number of hydrogen-bond donors (Lipinski definition) is 0. The van der Waals surface area contributed by atoms with Crippen LogP contribution in [0.4, 0.5) is 10.2 Å². The number of piperidine rings is 1. The number of aryl methyl sites for hydroxylation is 2. The number of nitrogens with zero attached hydrogens (tertiary/aromatic N) is 4. The number of aliphatic imine (C=N–C) groups is 1.